The van der Waals surface area contributed by atoms with Crippen molar-refractivity contribution in [2.75, 3.05) is 0 Å². The van der Waals surface area contributed by atoms with Crippen molar-refractivity contribution >= 4 is 56.8 Å². The van der Waals surface area contributed by atoms with E-state index in [2.05, 4.69) is 43.0 Å². The Morgan fingerprint density at radius 1 is 1.67 bits per heavy atom. The Labute approximate surface area is 66.8 Å². The first-order valence-corrected chi connectivity index (χ1v) is 14.5. The number of halogens is 3. The molecule has 0 atom stereocenters. The van der Waals surface area contributed by atoms with E-state index in [-0.39, 0.29) is 0 Å². The number of nitrogens with two attached hydrogens (primary N) is 1. The van der Waals surface area contributed by atoms with Gasteiger partial charge in [0.05, 0.1) is 6.34 Å². The van der Waals surface area contributed by atoms with E-state index in [1.807, 2.05) is 0 Å². The molecule has 6 heavy (non-hydrogen) atoms. The maximum atomic E-state index is 5.86. The molecule has 0 aromatic heterocycles. The number of rotatable bonds is 0. The van der Waals surface area contributed by atoms with E-state index in [4.69, 9.17) is 5.41 Å². The van der Waals surface area contributed by atoms with Crippen molar-refractivity contribution in [1.29, 1.82) is 5.41 Å². The number of nitrogens with one attached hydrogen (secondary N) is 1. The second-order valence-corrected chi connectivity index (χ2v) is 17.8. The smallest absolute Gasteiger partial charge is 0.0765 e. The fraction of sp³-hybridized carbons (Fsp3) is 0. The Balaban J connectivity index is 0. The van der Waals surface area contributed by atoms with Crippen molar-refractivity contribution < 1.29 is 0 Å². The van der Waals surface area contributed by atoms with Crippen LogP contribution in [-0.4, -0.2) is 6.34 Å². The Hall–Kier alpha value is 1.66. The Morgan fingerprint density at radius 2 is 1.67 bits per heavy atom. The largest absolute Gasteiger partial charge is 0.390 e. The standard InChI is InChI=1S/CH4N2.HI3/c2-1-3;1-3-2/h1H,(H3,2,3);3H. The molecule has 0 radical (unpaired) electrons. The second kappa shape index (κ2) is 15.9. The van der Waals surface area contributed by atoms with Crippen molar-refractivity contribution in [3.05, 3.63) is 0 Å². The summed E-state index contributed by atoms with van der Waals surface area (Å²) in [6.45, 7) is 0. The predicted molar refractivity (Wildman–Crippen MR) is 56.4 cm³/mol. The molecule has 0 fully saturated rings. The van der Waals surface area contributed by atoms with Gasteiger partial charge >= 0.3 is 50.5 Å². The minimum Gasteiger partial charge on any atom is -0.390 e. The van der Waals surface area contributed by atoms with Crippen LogP contribution >= 0.6 is 50.5 Å². The van der Waals surface area contributed by atoms with E-state index in [1.54, 1.807) is 0 Å². The average molecular weight is 426 g/mol. The van der Waals surface area contributed by atoms with Crippen molar-refractivity contribution in [2.45, 2.75) is 0 Å². The molecule has 40 valence electrons. The molecule has 0 aromatic rings. The summed E-state index contributed by atoms with van der Waals surface area (Å²) in [7, 11) is 0. The van der Waals surface area contributed by atoms with Crippen LogP contribution in [0.1, 0.15) is 0 Å². The first-order valence-electron chi connectivity index (χ1n) is 0.931. The molecule has 0 saturated heterocycles. The molecule has 0 bridgehead atoms. The van der Waals surface area contributed by atoms with Crippen LogP contribution in [0.25, 0.3) is 0 Å². The van der Waals surface area contributed by atoms with Crippen molar-refractivity contribution in [1.82, 2.24) is 0 Å². The Kier molecular flexibility index (Phi) is 28.2. The molecular formula is CH5I3N2. The fourth-order valence-corrected chi connectivity index (χ4v) is 0. The van der Waals surface area contributed by atoms with Crippen LogP contribution in [-0.2, 0) is 0 Å². The summed E-state index contributed by atoms with van der Waals surface area (Å²) >= 11 is 5.22. The molecule has 3 N–H and O–H groups in total. The van der Waals surface area contributed by atoms with Gasteiger partial charge in [-0.2, -0.15) is 0 Å². The van der Waals surface area contributed by atoms with Gasteiger partial charge in [0.1, 0.15) is 0 Å². The number of hydrogen-bond acceptors (Lipinski definition) is 1. The molecule has 0 aliphatic heterocycles. The van der Waals surface area contributed by atoms with Crippen molar-refractivity contribution in [3.8, 4) is 0 Å². The summed E-state index contributed by atoms with van der Waals surface area (Å²) < 4.78 is 0. The van der Waals surface area contributed by atoms with Crippen LogP contribution in [0.3, 0.4) is 0 Å². The topological polar surface area (TPSA) is 49.9 Å². The van der Waals surface area contributed by atoms with Crippen LogP contribution in [0, 0.1) is 5.41 Å². The normalized spacial score (nSPS) is 5.67. The monoisotopic (exact) mass is 426 g/mol. The van der Waals surface area contributed by atoms with E-state index in [9.17, 15) is 0 Å². The zero-order chi connectivity index (χ0) is 5.41. The summed E-state index contributed by atoms with van der Waals surface area (Å²) in [5.41, 5.74) is 4.39. The van der Waals surface area contributed by atoms with E-state index >= 15 is 0 Å². The molecule has 0 unspecified atom stereocenters. The molecule has 0 amide bonds. The third kappa shape index (κ3) is 44.6. The molecule has 5 heteroatoms. The summed E-state index contributed by atoms with van der Waals surface area (Å²) in [5, 5.41) is 5.86. The van der Waals surface area contributed by atoms with E-state index in [0.717, 1.165) is 6.34 Å². The van der Waals surface area contributed by atoms with Crippen LogP contribution in [0.5, 0.6) is 0 Å². The van der Waals surface area contributed by atoms with Gasteiger partial charge in [-0.15, -0.1) is 0 Å². The zero-order valence-electron chi connectivity index (χ0n) is 2.82. The van der Waals surface area contributed by atoms with Crippen LogP contribution in [0.4, 0.5) is 0 Å². The predicted octanol–water partition coefficient (Wildman–Crippen LogP) is 1.94. The molecule has 0 saturated carbocycles. The van der Waals surface area contributed by atoms with Crippen LogP contribution in [0.2, 0.25) is 0 Å². The fourth-order valence-electron chi connectivity index (χ4n) is 0. The van der Waals surface area contributed by atoms with Crippen LogP contribution in [0.15, 0.2) is 0 Å². The first-order chi connectivity index (χ1) is 2.83. The van der Waals surface area contributed by atoms with Gasteiger partial charge in [0.2, 0.25) is 0 Å². The molecule has 0 rings (SSSR count). The third-order valence-electron chi connectivity index (χ3n) is 0. The van der Waals surface area contributed by atoms with Crippen molar-refractivity contribution in [2.24, 2.45) is 5.73 Å². The third-order valence-corrected chi connectivity index (χ3v) is 0. The summed E-state index contributed by atoms with van der Waals surface area (Å²) in [6.07, 6.45) is 0.750. The molecular weight excluding hydrogens is 421 g/mol. The van der Waals surface area contributed by atoms with Gasteiger partial charge < -0.3 is 5.73 Å². The van der Waals surface area contributed by atoms with Gasteiger partial charge in [0.25, 0.3) is 0 Å². The zero-order valence-corrected chi connectivity index (χ0v) is 9.46. The van der Waals surface area contributed by atoms with Gasteiger partial charge in [0, 0.05) is 0 Å². The van der Waals surface area contributed by atoms with E-state index in [0.29, 0.717) is 13.3 Å². The maximum Gasteiger partial charge on any atom is 0.0765 e. The second-order valence-electron chi connectivity index (χ2n) is 0.225. The van der Waals surface area contributed by atoms with Gasteiger partial charge in [-0.1, -0.05) is 0 Å². The summed E-state index contributed by atoms with van der Waals surface area (Å²) in [5.74, 6) is 0. The molecule has 0 aliphatic rings. The van der Waals surface area contributed by atoms with Gasteiger partial charge in [-0.25, -0.2) is 0 Å². The Bertz CT molecular complexity index is 22.8. The maximum absolute atomic E-state index is 5.86. The van der Waals surface area contributed by atoms with Crippen LogP contribution < -0.4 is 5.73 Å². The molecule has 0 aliphatic carbocycles. The average Bonchev–Trinajstić information content (AvgIpc) is 1.39. The molecule has 0 spiro atoms. The molecule has 2 nitrogen and oxygen atoms in total. The summed E-state index contributed by atoms with van der Waals surface area (Å²) in [6, 6.07) is 0. The Morgan fingerprint density at radius 3 is 1.67 bits per heavy atom. The van der Waals surface area contributed by atoms with Crippen molar-refractivity contribution in [3.63, 3.8) is 0 Å². The minimum atomic E-state index is 0.410. The molecule has 0 aromatic carbocycles. The van der Waals surface area contributed by atoms with Gasteiger partial charge in [-0.3, -0.25) is 5.41 Å². The SMILES string of the molecule is I[IH]I.N=CN. The quantitative estimate of drug-likeness (QED) is 0.348. The minimum absolute atomic E-state index is 0.410. The number of hydrogen-bond donors (Lipinski definition) is 2. The molecule has 0 heterocycles. The van der Waals surface area contributed by atoms with E-state index in [1.165, 1.54) is 0 Å². The summed E-state index contributed by atoms with van der Waals surface area (Å²) in [4.78, 5) is 0. The van der Waals surface area contributed by atoms with Gasteiger partial charge in [-0.05, 0) is 0 Å². The first kappa shape index (κ1) is 10.6. The van der Waals surface area contributed by atoms with E-state index < -0.39 is 0 Å². The van der Waals surface area contributed by atoms with Gasteiger partial charge in [0.15, 0.2) is 0 Å².